The number of nitrogens with zero attached hydrogens (tertiary/aromatic N) is 1. The summed E-state index contributed by atoms with van der Waals surface area (Å²) in [5.41, 5.74) is 6.57. The highest BCUT2D eigenvalue weighted by Gasteiger charge is 2.40. The maximum atomic E-state index is 6.26. The Bertz CT molecular complexity index is 295. The molecular formula is C16H30N2. The first-order chi connectivity index (χ1) is 8.56. The molecule has 0 radical (unpaired) electrons. The van der Waals surface area contributed by atoms with Crippen molar-refractivity contribution in [2.24, 2.45) is 23.0 Å². The summed E-state index contributed by atoms with van der Waals surface area (Å²) in [4.78, 5) is 2.78. The molecule has 2 nitrogen and oxygen atoms in total. The van der Waals surface area contributed by atoms with E-state index in [0.29, 0.717) is 11.5 Å². The Kier molecular flexibility index (Phi) is 3.44. The van der Waals surface area contributed by atoms with Gasteiger partial charge in [0.05, 0.1) is 0 Å². The van der Waals surface area contributed by atoms with Crippen molar-refractivity contribution in [3.63, 3.8) is 0 Å². The molecule has 2 N–H and O–H groups in total. The van der Waals surface area contributed by atoms with E-state index in [1.54, 1.807) is 0 Å². The molecule has 0 amide bonds. The molecule has 3 atom stereocenters. The van der Waals surface area contributed by atoms with E-state index >= 15 is 0 Å². The second kappa shape index (κ2) is 4.79. The summed E-state index contributed by atoms with van der Waals surface area (Å²) >= 11 is 0. The summed E-state index contributed by atoms with van der Waals surface area (Å²) in [7, 11) is 0. The zero-order chi connectivity index (χ0) is 12.8. The molecule has 104 valence electrons. The Labute approximate surface area is 112 Å². The smallest absolute Gasteiger partial charge is 0.0115 e. The van der Waals surface area contributed by atoms with Gasteiger partial charge in [0.2, 0.25) is 0 Å². The van der Waals surface area contributed by atoms with E-state index in [0.717, 1.165) is 17.9 Å². The molecule has 0 bridgehead atoms. The summed E-state index contributed by atoms with van der Waals surface area (Å²) in [5, 5.41) is 0. The second-order valence-corrected chi connectivity index (χ2v) is 7.77. The van der Waals surface area contributed by atoms with Crippen LogP contribution >= 0.6 is 0 Å². The lowest BCUT2D eigenvalue weighted by Crippen LogP contribution is -2.55. The van der Waals surface area contributed by atoms with Gasteiger partial charge in [0, 0.05) is 18.6 Å². The molecule has 3 rings (SSSR count). The van der Waals surface area contributed by atoms with Gasteiger partial charge in [-0.15, -0.1) is 0 Å². The Morgan fingerprint density at radius 1 is 1.00 bits per heavy atom. The van der Waals surface area contributed by atoms with Crippen LogP contribution in [0.4, 0.5) is 0 Å². The van der Waals surface area contributed by atoms with Gasteiger partial charge in [-0.3, -0.25) is 4.90 Å². The Hall–Kier alpha value is -0.0800. The zero-order valence-corrected chi connectivity index (χ0v) is 12.2. The predicted molar refractivity (Wildman–Crippen MR) is 76.4 cm³/mol. The lowest BCUT2D eigenvalue weighted by molar-refractivity contribution is 0.0348. The van der Waals surface area contributed by atoms with E-state index in [1.807, 2.05) is 0 Å². The highest BCUT2D eigenvalue weighted by molar-refractivity contribution is 4.95. The molecule has 1 saturated heterocycles. The third kappa shape index (κ3) is 2.60. The number of likely N-dealkylation sites (tertiary alicyclic amines) is 1. The molecule has 0 spiro atoms. The molecule has 18 heavy (non-hydrogen) atoms. The van der Waals surface area contributed by atoms with Crippen LogP contribution in [0.3, 0.4) is 0 Å². The fraction of sp³-hybridized carbons (Fsp3) is 1.00. The van der Waals surface area contributed by atoms with Crippen molar-refractivity contribution in [2.75, 3.05) is 13.1 Å². The molecule has 3 aliphatic rings. The van der Waals surface area contributed by atoms with Gasteiger partial charge in [0.25, 0.3) is 0 Å². The number of rotatable bonds is 2. The van der Waals surface area contributed by atoms with E-state index < -0.39 is 0 Å². The standard InChI is InChI=1S/C16H30N2/c1-16(2)11-18(9-8-15(16)17)14-5-3-4-13(10-14)12-6-7-12/h12-15H,3-11,17H2,1-2H3. The molecule has 2 saturated carbocycles. The topological polar surface area (TPSA) is 29.3 Å². The summed E-state index contributed by atoms with van der Waals surface area (Å²) < 4.78 is 0. The number of nitrogens with two attached hydrogens (primary N) is 1. The summed E-state index contributed by atoms with van der Waals surface area (Å²) in [5.74, 6) is 2.16. The Morgan fingerprint density at radius 2 is 1.78 bits per heavy atom. The molecule has 1 aliphatic heterocycles. The van der Waals surface area contributed by atoms with Gasteiger partial charge in [-0.2, -0.15) is 0 Å². The normalized spacial score (nSPS) is 41.8. The summed E-state index contributed by atoms with van der Waals surface area (Å²) in [6.07, 6.45) is 10.1. The van der Waals surface area contributed by atoms with Gasteiger partial charge < -0.3 is 5.73 Å². The first-order valence-corrected chi connectivity index (χ1v) is 8.06. The molecule has 0 aromatic heterocycles. The van der Waals surface area contributed by atoms with Crippen LogP contribution in [0.2, 0.25) is 0 Å². The van der Waals surface area contributed by atoms with Gasteiger partial charge in [-0.05, 0) is 55.9 Å². The van der Waals surface area contributed by atoms with E-state index in [4.69, 9.17) is 5.73 Å². The average molecular weight is 250 g/mol. The van der Waals surface area contributed by atoms with Crippen molar-refractivity contribution in [1.82, 2.24) is 4.90 Å². The lowest BCUT2D eigenvalue weighted by Gasteiger charge is -2.47. The van der Waals surface area contributed by atoms with Crippen molar-refractivity contribution in [1.29, 1.82) is 0 Å². The third-order valence-corrected chi connectivity index (χ3v) is 5.83. The minimum absolute atomic E-state index is 0.310. The van der Waals surface area contributed by atoms with Crippen LogP contribution < -0.4 is 5.73 Å². The lowest BCUT2D eigenvalue weighted by atomic mass is 9.76. The minimum Gasteiger partial charge on any atom is -0.327 e. The maximum Gasteiger partial charge on any atom is 0.0115 e. The largest absolute Gasteiger partial charge is 0.327 e. The maximum absolute atomic E-state index is 6.26. The summed E-state index contributed by atoms with van der Waals surface area (Å²) in [6.45, 7) is 7.17. The van der Waals surface area contributed by atoms with E-state index in [-0.39, 0.29) is 0 Å². The number of piperidine rings is 1. The van der Waals surface area contributed by atoms with Gasteiger partial charge >= 0.3 is 0 Å². The van der Waals surface area contributed by atoms with Crippen molar-refractivity contribution in [3.05, 3.63) is 0 Å². The van der Waals surface area contributed by atoms with Crippen molar-refractivity contribution in [3.8, 4) is 0 Å². The van der Waals surface area contributed by atoms with Crippen LogP contribution in [0, 0.1) is 17.3 Å². The van der Waals surface area contributed by atoms with Crippen molar-refractivity contribution >= 4 is 0 Å². The molecule has 2 aliphatic carbocycles. The molecule has 2 heteroatoms. The molecule has 1 heterocycles. The first-order valence-electron chi connectivity index (χ1n) is 8.06. The van der Waals surface area contributed by atoms with Crippen LogP contribution in [0.1, 0.15) is 58.8 Å². The Morgan fingerprint density at radius 3 is 2.44 bits per heavy atom. The third-order valence-electron chi connectivity index (χ3n) is 5.83. The highest BCUT2D eigenvalue weighted by Crippen LogP contribution is 2.45. The Balaban J connectivity index is 1.60. The second-order valence-electron chi connectivity index (χ2n) is 7.77. The zero-order valence-electron chi connectivity index (χ0n) is 12.2. The molecular weight excluding hydrogens is 220 g/mol. The van der Waals surface area contributed by atoms with Crippen LogP contribution in [-0.4, -0.2) is 30.1 Å². The van der Waals surface area contributed by atoms with Crippen LogP contribution in [0.25, 0.3) is 0 Å². The van der Waals surface area contributed by atoms with Crippen molar-refractivity contribution < 1.29 is 0 Å². The average Bonchev–Trinajstić information content (AvgIpc) is 3.17. The van der Waals surface area contributed by atoms with E-state index in [1.165, 1.54) is 58.0 Å². The van der Waals surface area contributed by atoms with E-state index in [9.17, 15) is 0 Å². The molecule has 0 aromatic carbocycles. The van der Waals surface area contributed by atoms with Crippen LogP contribution in [0.15, 0.2) is 0 Å². The monoisotopic (exact) mass is 250 g/mol. The summed E-state index contributed by atoms with van der Waals surface area (Å²) in [6, 6.07) is 1.27. The quantitative estimate of drug-likeness (QED) is 0.816. The van der Waals surface area contributed by atoms with E-state index in [2.05, 4.69) is 18.7 Å². The SMILES string of the molecule is CC1(C)CN(C2CCCC(C3CC3)C2)CCC1N. The van der Waals surface area contributed by atoms with Crippen LogP contribution in [0.5, 0.6) is 0 Å². The van der Waals surface area contributed by atoms with Crippen LogP contribution in [-0.2, 0) is 0 Å². The van der Waals surface area contributed by atoms with Gasteiger partial charge in [-0.1, -0.05) is 26.7 Å². The van der Waals surface area contributed by atoms with Gasteiger partial charge in [0.15, 0.2) is 0 Å². The highest BCUT2D eigenvalue weighted by atomic mass is 15.2. The number of hydrogen-bond donors (Lipinski definition) is 1. The molecule has 3 fully saturated rings. The van der Waals surface area contributed by atoms with Gasteiger partial charge in [-0.25, -0.2) is 0 Å². The minimum atomic E-state index is 0.310. The van der Waals surface area contributed by atoms with Gasteiger partial charge in [0.1, 0.15) is 0 Å². The number of hydrogen-bond acceptors (Lipinski definition) is 2. The first kappa shape index (κ1) is 12.9. The predicted octanol–water partition coefficient (Wildman–Crippen LogP) is 3.01. The van der Waals surface area contributed by atoms with Crippen molar-refractivity contribution in [2.45, 2.75) is 70.9 Å². The fourth-order valence-electron chi connectivity index (χ4n) is 4.26. The molecule has 0 aromatic rings. The fourth-order valence-corrected chi connectivity index (χ4v) is 4.26. The molecule has 3 unspecified atom stereocenters.